The van der Waals surface area contributed by atoms with Gasteiger partial charge in [0.2, 0.25) is 0 Å². The number of carbonyl (C=O) groups is 2. The lowest BCUT2D eigenvalue weighted by Crippen LogP contribution is -2.42. The van der Waals surface area contributed by atoms with Gasteiger partial charge in [-0.3, -0.25) is 4.79 Å². The molecule has 1 aliphatic rings. The van der Waals surface area contributed by atoms with Crippen molar-refractivity contribution >= 4 is 23.6 Å². The molecule has 1 atom stereocenters. The van der Waals surface area contributed by atoms with Crippen molar-refractivity contribution in [2.45, 2.75) is 75.7 Å². The number of ether oxygens (including phenoxy) is 1. The first-order valence-corrected chi connectivity index (χ1v) is 11.1. The van der Waals surface area contributed by atoms with E-state index in [-0.39, 0.29) is 11.9 Å². The Morgan fingerprint density at radius 2 is 1.97 bits per heavy atom. The molecule has 1 aromatic carbocycles. The van der Waals surface area contributed by atoms with E-state index in [9.17, 15) is 9.59 Å². The number of carbonyl (C=O) groups excluding carboxylic acids is 2. The second kappa shape index (κ2) is 9.96. The zero-order valence-corrected chi connectivity index (χ0v) is 18.0. The van der Waals surface area contributed by atoms with E-state index in [0.29, 0.717) is 11.3 Å². The zero-order valence-electron chi connectivity index (χ0n) is 17.2. The van der Waals surface area contributed by atoms with E-state index in [1.165, 1.54) is 18.2 Å². The predicted molar refractivity (Wildman–Crippen MR) is 112 cm³/mol. The first-order chi connectivity index (χ1) is 14.0. The van der Waals surface area contributed by atoms with Crippen LogP contribution < -0.4 is 5.32 Å². The number of hydrogen-bond acceptors (Lipinski definition) is 6. The second-order valence-corrected chi connectivity index (χ2v) is 8.50. The summed E-state index contributed by atoms with van der Waals surface area (Å²) in [6.45, 7) is 5.40. The maximum Gasteiger partial charge on any atom is 0.340 e. The molecule has 1 aromatic heterocycles. The van der Waals surface area contributed by atoms with Crippen LogP contribution in [0.4, 0.5) is 0 Å². The number of nitrogens with zero attached hydrogens (tertiary/aromatic N) is 1. The third-order valence-corrected chi connectivity index (χ3v) is 6.36. The third kappa shape index (κ3) is 5.63. The lowest BCUT2D eigenvalue weighted by atomic mass is 9.95. The minimum Gasteiger partial charge on any atom is -0.449 e. The molecule has 0 unspecified atom stereocenters. The van der Waals surface area contributed by atoms with Gasteiger partial charge in [0.15, 0.2) is 6.10 Å². The molecular formula is C22H28N2O4S. The number of aryl methyl sites for hydroxylation is 2. The van der Waals surface area contributed by atoms with Gasteiger partial charge in [0.05, 0.1) is 11.3 Å². The summed E-state index contributed by atoms with van der Waals surface area (Å²) in [7, 11) is 0. The van der Waals surface area contributed by atoms with Crippen molar-refractivity contribution in [1.29, 1.82) is 0 Å². The van der Waals surface area contributed by atoms with Gasteiger partial charge in [-0.25, -0.2) is 4.79 Å². The Labute approximate surface area is 175 Å². The van der Waals surface area contributed by atoms with E-state index >= 15 is 0 Å². The normalized spacial score (nSPS) is 15.7. The average molecular weight is 417 g/mol. The summed E-state index contributed by atoms with van der Waals surface area (Å²) in [4.78, 5) is 25.9. The van der Waals surface area contributed by atoms with Gasteiger partial charge in [-0.1, -0.05) is 36.6 Å². The minimum atomic E-state index is -0.829. The van der Waals surface area contributed by atoms with Crippen LogP contribution in [0, 0.1) is 13.8 Å². The van der Waals surface area contributed by atoms with Gasteiger partial charge in [0, 0.05) is 22.3 Å². The van der Waals surface area contributed by atoms with Crippen LogP contribution in [0.15, 0.2) is 33.7 Å². The van der Waals surface area contributed by atoms with Crippen molar-refractivity contribution in [1.82, 2.24) is 10.5 Å². The zero-order chi connectivity index (χ0) is 20.8. The van der Waals surface area contributed by atoms with E-state index in [0.717, 1.165) is 47.6 Å². The first kappa shape index (κ1) is 21.4. The van der Waals surface area contributed by atoms with Crippen molar-refractivity contribution in [3.63, 3.8) is 0 Å². The minimum absolute atomic E-state index is 0.190. The van der Waals surface area contributed by atoms with Gasteiger partial charge < -0.3 is 14.6 Å². The summed E-state index contributed by atoms with van der Waals surface area (Å²) in [5.41, 5.74) is 2.34. The summed E-state index contributed by atoms with van der Waals surface area (Å²) in [5.74, 6) is 0.704. The summed E-state index contributed by atoms with van der Waals surface area (Å²) in [5, 5.41) is 6.98. The number of amides is 1. The van der Waals surface area contributed by atoms with Crippen LogP contribution in [0.1, 0.15) is 66.4 Å². The molecule has 0 spiro atoms. The molecule has 1 heterocycles. The number of esters is 1. The van der Waals surface area contributed by atoms with Crippen LogP contribution >= 0.6 is 11.8 Å². The highest BCUT2D eigenvalue weighted by molar-refractivity contribution is 7.98. The van der Waals surface area contributed by atoms with E-state index in [2.05, 4.69) is 10.5 Å². The Hall–Kier alpha value is -2.28. The summed E-state index contributed by atoms with van der Waals surface area (Å²) < 4.78 is 10.7. The van der Waals surface area contributed by atoms with Crippen molar-refractivity contribution < 1.29 is 18.8 Å². The third-order valence-electron chi connectivity index (χ3n) is 5.26. The van der Waals surface area contributed by atoms with E-state index in [4.69, 9.17) is 9.26 Å². The average Bonchev–Trinajstić information content (AvgIpc) is 3.04. The molecule has 156 valence electrons. The highest BCUT2D eigenvalue weighted by atomic mass is 32.2. The highest BCUT2D eigenvalue weighted by Crippen LogP contribution is 2.29. The fourth-order valence-electron chi connectivity index (χ4n) is 3.46. The summed E-state index contributed by atoms with van der Waals surface area (Å²) in [6, 6.07) is 7.47. The Kier molecular flexibility index (Phi) is 7.36. The fourth-order valence-corrected chi connectivity index (χ4v) is 4.66. The molecule has 7 heteroatoms. The van der Waals surface area contributed by atoms with Crippen LogP contribution in [0.5, 0.6) is 0 Å². The maximum absolute atomic E-state index is 12.7. The number of thioether (sulfide) groups is 1. The molecule has 1 amide bonds. The Bertz CT molecular complexity index is 839. The molecule has 0 bridgehead atoms. The quantitative estimate of drug-likeness (QED) is 0.526. The van der Waals surface area contributed by atoms with E-state index < -0.39 is 12.1 Å². The van der Waals surface area contributed by atoms with Gasteiger partial charge in [-0.15, -0.1) is 11.8 Å². The molecule has 29 heavy (non-hydrogen) atoms. The van der Waals surface area contributed by atoms with Gasteiger partial charge in [0.1, 0.15) is 5.76 Å². The maximum atomic E-state index is 12.7. The van der Waals surface area contributed by atoms with Crippen LogP contribution in [-0.4, -0.2) is 29.2 Å². The Morgan fingerprint density at radius 3 is 2.66 bits per heavy atom. The van der Waals surface area contributed by atoms with E-state index in [1.54, 1.807) is 19.1 Å². The highest BCUT2D eigenvalue weighted by Gasteiger charge is 2.24. The number of nitrogens with one attached hydrogen (secondary N) is 1. The number of benzene rings is 1. The topological polar surface area (TPSA) is 81.4 Å². The van der Waals surface area contributed by atoms with E-state index in [1.807, 2.05) is 26.0 Å². The smallest absolute Gasteiger partial charge is 0.340 e. The first-order valence-electron chi connectivity index (χ1n) is 10.1. The molecule has 1 fully saturated rings. The second-order valence-electron chi connectivity index (χ2n) is 7.48. The Morgan fingerprint density at radius 1 is 1.24 bits per heavy atom. The number of rotatable bonds is 7. The molecule has 1 saturated carbocycles. The summed E-state index contributed by atoms with van der Waals surface area (Å²) >= 11 is 1.52. The molecular weight excluding hydrogens is 388 g/mol. The molecule has 0 aliphatic heterocycles. The van der Waals surface area contributed by atoms with Crippen molar-refractivity contribution in [2.24, 2.45) is 0 Å². The SMILES string of the molecule is Cc1noc(C)c1CSc1ccccc1C(=O)O[C@@H](C)C(=O)NC1CCCCC1. The van der Waals surface area contributed by atoms with Crippen LogP contribution in [0.3, 0.4) is 0 Å². The lowest BCUT2D eigenvalue weighted by molar-refractivity contribution is -0.130. The lowest BCUT2D eigenvalue weighted by Gasteiger charge is -2.24. The number of hydrogen-bond donors (Lipinski definition) is 1. The van der Waals surface area contributed by atoms with Crippen LogP contribution in [-0.2, 0) is 15.3 Å². The van der Waals surface area contributed by atoms with Crippen molar-refractivity contribution in [2.75, 3.05) is 0 Å². The Balaban J connectivity index is 1.60. The molecule has 1 N–H and O–H groups in total. The van der Waals surface area contributed by atoms with Gasteiger partial charge >= 0.3 is 5.97 Å². The van der Waals surface area contributed by atoms with Crippen LogP contribution in [0.25, 0.3) is 0 Å². The van der Waals surface area contributed by atoms with Gasteiger partial charge in [0.25, 0.3) is 5.91 Å². The fraction of sp³-hybridized carbons (Fsp3) is 0.500. The molecule has 0 radical (unpaired) electrons. The summed E-state index contributed by atoms with van der Waals surface area (Å²) in [6.07, 6.45) is 4.65. The molecule has 1 aliphatic carbocycles. The standard InChI is InChI=1S/C22H28N2O4S/c1-14-19(15(2)28-24-14)13-29-20-12-8-7-11-18(20)22(26)27-16(3)21(25)23-17-9-5-4-6-10-17/h7-8,11-12,16-17H,4-6,9-10,13H2,1-3H3,(H,23,25)/t16-/m0/s1. The van der Waals surface area contributed by atoms with Crippen LogP contribution in [0.2, 0.25) is 0 Å². The van der Waals surface area contributed by atoms with Crippen molar-refractivity contribution in [3.8, 4) is 0 Å². The largest absolute Gasteiger partial charge is 0.449 e. The molecule has 3 rings (SSSR count). The molecule has 0 saturated heterocycles. The molecule has 6 nitrogen and oxygen atoms in total. The number of aromatic nitrogens is 1. The van der Waals surface area contributed by atoms with Gasteiger partial charge in [-0.2, -0.15) is 0 Å². The van der Waals surface area contributed by atoms with Crippen molar-refractivity contribution in [3.05, 3.63) is 46.8 Å². The monoisotopic (exact) mass is 416 g/mol. The predicted octanol–water partition coefficient (Wildman–Crippen LogP) is 4.58. The molecule has 2 aromatic rings. The van der Waals surface area contributed by atoms with Gasteiger partial charge in [-0.05, 0) is 45.7 Å².